The van der Waals surface area contributed by atoms with Crippen LogP contribution in [0.4, 0.5) is 5.69 Å². The van der Waals surface area contributed by atoms with E-state index in [0.29, 0.717) is 5.71 Å². The van der Waals surface area contributed by atoms with Crippen LogP contribution in [-0.4, -0.2) is 17.7 Å². The second-order valence-corrected chi connectivity index (χ2v) is 4.99. The maximum Gasteiger partial charge on any atom is 0.127 e. The Morgan fingerprint density at radius 1 is 0.957 bits per heavy atom. The predicted octanol–water partition coefficient (Wildman–Crippen LogP) is 4.33. The first-order valence-electron chi connectivity index (χ1n) is 7.32. The number of anilines is 1. The van der Waals surface area contributed by atoms with Gasteiger partial charge in [-0.25, -0.2) is 0 Å². The van der Waals surface area contributed by atoms with Crippen LogP contribution in [0.3, 0.4) is 0 Å². The monoisotopic (exact) mass is 303 g/mol. The summed E-state index contributed by atoms with van der Waals surface area (Å²) in [5, 5.41) is 11.5. The standard InChI is InChI=1S/C19H17N3O/c1-21-18-11-12-22-13-17(18)19(20)14-7-9-16(10-8-14)23-15-5-3-2-4-6-15/h2-13,20H,1H3,(H,21,22). The number of aromatic nitrogens is 1. The molecule has 0 aliphatic rings. The van der Waals surface area contributed by atoms with Crippen molar-refractivity contribution in [2.45, 2.75) is 0 Å². The molecule has 0 amide bonds. The highest BCUT2D eigenvalue weighted by Gasteiger charge is 2.09. The number of nitrogens with one attached hydrogen (secondary N) is 2. The summed E-state index contributed by atoms with van der Waals surface area (Å²) in [6, 6.07) is 19.0. The van der Waals surface area contributed by atoms with Crippen molar-refractivity contribution in [2.75, 3.05) is 12.4 Å². The van der Waals surface area contributed by atoms with Gasteiger partial charge in [-0.2, -0.15) is 0 Å². The number of para-hydroxylation sites is 1. The van der Waals surface area contributed by atoms with Crippen molar-refractivity contribution >= 4 is 11.4 Å². The summed E-state index contributed by atoms with van der Waals surface area (Å²) in [5.41, 5.74) is 2.89. The molecule has 2 aromatic carbocycles. The van der Waals surface area contributed by atoms with E-state index in [-0.39, 0.29) is 0 Å². The Morgan fingerprint density at radius 3 is 2.35 bits per heavy atom. The quantitative estimate of drug-likeness (QED) is 0.690. The minimum Gasteiger partial charge on any atom is -0.457 e. The molecule has 4 nitrogen and oxygen atoms in total. The average Bonchev–Trinajstić information content (AvgIpc) is 2.62. The number of nitrogens with zero attached hydrogens (tertiary/aromatic N) is 1. The Kier molecular flexibility index (Phi) is 4.34. The molecule has 0 atom stereocenters. The van der Waals surface area contributed by atoms with Gasteiger partial charge in [0.2, 0.25) is 0 Å². The molecule has 4 heteroatoms. The number of rotatable bonds is 5. The largest absolute Gasteiger partial charge is 0.457 e. The van der Waals surface area contributed by atoms with Crippen molar-refractivity contribution in [3.63, 3.8) is 0 Å². The molecular formula is C19H17N3O. The summed E-state index contributed by atoms with van der Waals surface area (Å²) in [6.07, 6.45) is 3.40. The van der Waals surface area contributed by atoms with E-state index in [0.717, 1.165) is 28.3 Å². The van der Waals surface area contributed by atoms with Gasteiger partial charge in [-0.3, -0.25) is 10.4 Å². The van der Waals surface area contributed by atoms with Crippen LogP contribution in [0.5, 0.6) is 11.5 Å². The second-order valence-electron chi connectivity index (χ2n) is 4.99. The van der Waals surface area contributed by atoms with Crippen LogP contribution in [0.1, 0.15) is 11.1 Å². The molecule has 0 saturated carbocycles. The van der Waals surface area contributed by atoms with Crippen LogP contribution in [-0.2, 0) is 0 Å². The molecule has 0 unspecified atom stereocenters. The minimum absolute atomic E-state index is 0.425. The summed E-state index contributed by atoms with van der Waals surface area (Å²) >= 11 is 0. The molecule has 0 radical (unpaired) electrons. The molecule has 0 bridgehead atoms. The SMILES string of the molecule is CNc1ccncc1C(=N)c1ccc(Oc2ccccc2)cc1. The molecule has 0 spiro atoms. The van der Waals surface area contributed by atoms with E-state index in [9.17, 15) is 0 Å². The van der Waals surface area contributed by atoms with Gasteiger partial charge in [-0.05, 0) is 42.5 Å². The van der Waals surface area contributed by atoms with Crippen LogP contribution in [0, 0.1) is 5.41 Å². The molecular weight excluding hydrogens is 286 g/mol. The van der Waals surface area contributed by atoms with Gasteiger partial charge in [0.15, 0.2) is 0 Å². The third kappa shape index (κ3) is 3.37. The van der Waals surface area contributed by atoms with Crippen LogP contribution in [0.15, 0.2) is 73.1 Å². The summed E-state index contributed by atoms with van der Waals surface area (Å²) in [7, 11) is 1.84. The maximum absolute atomic E-state index is 8.39. The molecule has 23 heavy (non-hydrogen) atoms. The zero-order valence-electron chi connectivity index (χ0n) is 12.8. The van der Waals surface area contributed by atoms with Gasteiger partial charge in [-0.1, -0.05) is 18.2 Å². The first kappa shape index (κ1) is 14.8. The van der Waals surface area contributed by atoms with E-state index < -0.39 is 0 Å². The van der Waals surface area contributed by atoms with Crippen molar-refractivity contribution in [2.24, 2.45) is 0 Å². The average molecular weight is 303 g/mol. The number of hydrogen-bond acceptors (Lipinski definition) is 4. The molecule has 0 aliphatic carbocycles. The number of ether oxygens (including phenoxy) is 1. The van der Waals surface area contributed by atoms with Gasteiger partial charge < -0.3 is 10.1 Å². The fourth-order valence-corrected chi connectivity index (χ4v) is 2.28. The molecule has 1 aromatic heterocycles. The zero-order chi connectivity index (χ0) is 16.1. The molecule has 3 rings (SSSR count). The summed E-state index contributed by atoms with van der Waals surface area (Å²) in [6.45, 7) is 0. The Morgan fingerprint density at radius 2 is 1.65 bits per heavy atom. The smallest absolute Gasteiger partial charge is 0.127 e. The highest BCUT2D eigenvalue weighted by Crippen LogP contribution is 2.23. The van der Waals surface area contributed by atoms with Crippen molar-refractivity contribution in [3.8, 4) is 11.5 Å². The van der Waals surface area contributed by atoms with E-state index in [1.54, 1.807) is 12.4 Å². The number of hydrogen-bond donors (Lipinski definition) is 2. The van der Waals surface area contributed by atoms with Crippen molar-refractivity contribution in [1.29, 1.82) is 5.41 Å². The predicted molar refractivity (Wildman–Crippen MR) is 92.7 cm³/mol. The molecule has 1 heterocycles. The zero-order valence-corrected chi connectivity index (χ0v) is 12.8. The van der Waals surface area contributed by atoms with Crippen molar-refractivity contribution < 1.29 is 4.74 Å². The first-order valence-corrected chi connectivity index (χ1v) is 7.32. The van der Waals surface area contributed by atoms with E-state index >= 15 is 0 Å². The molecule has 2 N–H and O–H groups in total. The molecule has 3 aromatic rings. The van der Waals surface area contributed by atoms with Gasteiger partial charge in [-0.15, -0.1) is 0 Å². The van der Waals surface area contributed by atoms with Gasteiger partial charge in [0, 0.05) is 36.3 Å². The van der Waals surface area contributed by atoms with Gasteiger partial charge in [0.1, 0.15) is 11.5 Å². The first-order chi connectivity index (χ1) is 11.3. The lowest BCUT2D eigenvalue weighted by Gasteiger charge is -2.11. The molecule has 0 saturated heterocycles. The van der Waals surface area contributed by atoms with Gasteiger partial charge >= 0.3 is 0 Å². The molecule has 0 aliphatic heterocycles. The van der Waals surface area contributed by atoms with Crippen molar-refractivity contribution in [1.82, 2.24) is 4.98 Å². The van der Waals surface area contributed by atoms with Crippen LogP contribution in [0.25, 0.3) is 0 Å². The summed E-state index contributed by atoms with van der Waals surface area (Å²) in [5.74, 6) is 1.54. The highest BCUT2D eigenvalue weighted by molar-refractivity contribution is 6.13. The van der Waals surface area contributed by atoms with E-state index in [1.807, 2.05) is 67.7 Å². The lowest BCUT2D eigenvalue weighted by atomic mass is 10.0. The second kappa shape index (κ2) is 6.75. The Bertz CT molecular complexity index is 798. The topological polar surface area (TPSA) is 58.0 Å². The Labute approximate surface area is 135 Å². The molecule has 0 fully saturated rings. The highest BCUT2D eigenvalue weighted by atomic mass is 16.5. The molecule has 114 valence electrons. The van der Waals surface area contributed by atoms with Crippen LogP contribution < -0.4 is 10.1 Å². The van der Waals surface area contributed by atoms with E-state index in [1.165, 1.54) is 0 Å². The lowest BCUT2D eigenvalue weighted by molar-refractivity contribution is 0.482. The number of benzene rings is 2. The summed E-state index contributed by atoms with van der Waals surface area (Å²) in [4.78, 5) is 4.11. The Hall–Kier alpha value is -3.14. The van der Waals surface area contributed by atoms with Gasteiger partial charge in [0.25, 0.3) is 0 Å². The third-order valence-corrected chi connectivity index (χ3v) is 3.48. The van der Waals surface area contributed by atoms with Crippen LogP contribution >= 0.6 is 0 Å². The Balaban J connectivity index is 1.80. The van der Waals surface area contributed by atoms with E-state index in [4.69, 9.17) is 10.1 Å². The summed E-state index contributed by atoms with van der Waals surface area (Å²) < 4.78 is 5.77. The van der Waals surface area contributed by atoms with Gasteiger partial charge in [0.05, 0.1) is 5.71 Å². The maximum atomic E-state index is 8.39. The fraction of sp³-hybridized carbons (Fsp3) is 0.0526. The fourth-order valence-electron chi connectivity index (χ4n) is 2.28. The normalized spacial score (nSPS) is 10.1. The lowest BCUT2D eigenvalue weighted by Crippen LogP contribution is -2.06. The van der Waals surface area contributed by atoms with Crippen LogP contribution in [0.2, 0.25) is 0 Å². The van der Waals surface area contributed by atoms with Crippen molar-refractivity contribution in [3.05, 3.63) is 84.2 Å². The minimum atomic E-state index is 0.425. The number of pyridine rings is 1. The third-order valence-electron chi connectivity index (χ3n) is 3.48. The van der Waals surface area contributed by atoms with E-state index in [2.05, 4.69) is 10.3 Å².